The molecule has 1 aliphatic rings. The molecule has 0 amide bonds. The largest absolute Gasteiger partial charge is 0.364 e. The third kappa shape index (κ3) is 1.82. The van der Waals surface area contributed by atoms with Crippen LogP contribution in [0.15, 0.2) is 11.4 Å². The van der Waals surface area contributed by atoms with Gasteiger partial charge in [-0.25, -0.2) is 4.98 Å². The van der Waals surface area contributed by atoms with Gasteiger partial charge in [0, 0.05) is 12.6 Å². The Labute approximate surface area is 111 Å². The summed E-state index contributed by atoms with van der Waals surface area (Å²) >= 11 is 1.66. The first-order valence-electron chi connectivity index (χ1n) is 6.47. The van der Waals surface area contributed by atoms with Crippen molar-refractivity contribution < 1.29 is 0 Å². The Bertz CT molecular complexity index is 554. The molecule has 0 unspecified atom stereocenters. The van der Waals surface area contributed by atoms with Crippen molar-refractivity contribution in [1.82, 2.24) is 9.97 Å². The molecule has 2 N–H and O–H groups in total. The van der Waals surface area contributed by atoms with Crippen LogP contribution in [0.1, 0.15) is 32.6 Å². The fraction of sp³-hybridized carbons (Fsp3) is 0.538. The molecule has 0 aromatic carbocycles. The molecule has 0 bridgehead atoms. The molecule has 3 rings (SSSR count). The van der Waals surface area contributed by atoms with Crippen LogP contribution in [0.5, 0.6) is 0 Å². The predicted octanol–water partition coefficient (Wildman–Crippen LogP) is 3.48. The second-order valence-electron chi connectivity index (χ2n) is 4.90. The smallest absolute Gasteiger partial charge is 0.225 e. The van der Waals surface area contributed by atoms with Crippen molar-refractivity contribution >= 4 is 33.3 Å². The molecule has 0 radical (unpaired) electrons. The molecule has 0 spiro atoms. The lowest BCUT2D eigenvalue weighted by atomic mass is 9.75. The molecule has 18 heavy (non-hydrogen) atoms. The molecule has 1 saturated carbocycles. The molecule has 4 nitrogen and oxygen atoms in total. The minimum atomic E-state index is 0.258. The number of hydrogen-bond donors (Lipinski definition) is 2. The van der Waals surface area contributed by atoms with Gasteiger partial charge in [0.25, 0.3) is 0 Å². The van der Waals surface area contributed by atoms with E-state index in [4.69, 9.17) is 0 Å². The van der Waals surface area contributed by atoms with E-state index >= 15 is 0 Å². The van der Waals surface area contributed by atoms with Crippen LogP contribution in [0.4, 0.5) is 11.8 Å². The van der Waals surface area contributed by atoms with Gasteiger partial charge in [0.15, 0.2) is 0 Å². The average molecular weight is 262 g/mol. The van der Waals surface area contributed by atoms with Crippen LogP contribution in [0, 0.1) is 0 Å². The maximum absolute atomic E-state index is 4.58. The molecule has 5 heteroatoms. The summed E-state index contributed by atoms with van der Waals surface area (Å²) in [4.78, 5) is 10.1. The molecular formula is C13H18N4S. The molecule has 2 aromatic heterocycles. The molecular weight excluding hydrogens is 244 g/mol. The lowest BCUT2D eigenvalue weighted by Crippen LogP contribution is -2.44. The van der Waals surface area contributed by atoms with E-state index in [2.05, 4.69) is 39.0 Å². The van der Waals surface area contributed by atoms with Crippen molar-refractivity contribution in [2.75, 3.05) is 17.7 Å². The molecule has 2 heterocycles. The van der Waals surface area contributed by atoms with Crippen molar-refractivity contribution in [1.29, 1.82) is 0 Å². The maximum atomic E-state index is 4.58. The molecule has 0 atom stereocenters. The van der Waals surface area contributed by atoms with Gasteiger partial charge in [0.05, 0.1) is 5.39 Å². The zero-order valence-corrected chi connectivity index (χ0v) is 11.6. The Kier molecular flexibility index (Phi) is 2.86. The van der Waals surface area contributed by atoms with E-state index < -0.39 is 0 Å². The van der Waals surface area contributed by atoms with E-state index in [1.807, 2.05) is 7.05 Å². The predicted molar refractivity (Wildman–Crippen MR) is 77.5 cm³/mol. The SMILES string of the molecule is CCC1(Nc2nc(NC)nc3sccc23)CCC1. The van der Waals surface area contributed by atoms with Crippen LogP contribution in [0.25, 0.3) is 10.2 Å². The average Bonchev–Trinajstić information content (AvgIpc) is 2.81. The highest BCUT2D eigenvalue weighted by atomic mass is 32.1. The maximum Gasteiger partial charge on any atom is 0.225 e. The lowest BCUT2D eigenvalue weighted by molar-refractivity contribution is 0.269. The number of anilines is 2. The van der Waals surface area contributed by atoms with Crippen LogP contribution in [0.3, 0.4) is 0 Å². The van der Waals surface area contributed by atoms with Gasteiger partial charge in [-0.3, -0.25) is 0 Å². The molecule has 0 aliphatic heterocycles. The number of nitrogens with zero attached hydrogens (tertiary/aromatic N) is 2. The van der Waals surface area contributed by atoms with Crippen LogP contribution < -0.4 is 10.6 Å². The number of aromatic nitrogens is 2. The van der Waals surface area contributed by atoms with Crippen molar-refractivity contribution in [3.63, 3.8) is 0 Å². The Morgan fingerprint density at radius 3 is 2.83 bits per heavy atom. The van der Waals surface area contributed by atoms with Gasteiger partial charge in [-0.1, -0.05) is 6.92 Å². The zero-order chi connectivity index (χ0) is 12.6. The number of hydrogen-bond acceptors (Lipinski definition) is 5. The summed E-state index contributed by atoms with van der Waals surface area (Å²) in [6.07, 6.45) is 4.96. The fourth-order valence-corrected chi connectivity index (χ4v) is 3.25. The van der Waals surface area contributed by atoms with Gasteiger partial charge in [-0.15, -0.1) is 11.3 Å². The van der Waals surface area contributed by atoms with Gasteiger partial charge in [0.2, 0.25) is 5.95 Å². The normalized spacial score (nSPS) is 17.4. The van der Waals surface area contributed by atoms with Crippen molar-refractivity contribution in [3.8, 4) is 0 Å². The quantitative estimate of drug-likeness (QED) is 0.885. The topological polar surface area (TPSA) is 49.8 Å². The minimum Gasteiger partial charge on any atom is -0.364 e. The summed E-state index contributed by atoms with van der Waals surface area (Å²) in [7, 11) is 1.86. The number of rotatable bonds is 4. The van der Waals surface area contributed by atoms with Crippen LogP contribution >= 0.6 is 11.3 Å². The van der Waals surface area contributed by atoms with Crippen LogP contribution in [-0.2, 0) is 0 Å². The Morgan fingerprint density at radius 1 is 1.39 bits per heavy atom. The van der Waals surface area contributed by atoms with E-state index in [0.717, 1.165) is 22.5 Å². The van der Waals surface area contributed by atoms with Gasteiger partial charge in [-0.05, 0) is 37.1 Å². The van der Waals surface area contributed by atoms with Crippen molar-refractivity contribution in [2.45, 2.75) is 38.1 Å². The molecule has 2 aromatic rings. The molecule has 1 fully saturated rings. The summed E-state index contributed by atoms with van der Waals surface area (Å²) in [6.45, 7) is 2.25. The first kappa shape index (κ1) is 11.7. The second-order valence-corrected chi connectivity index (χ2v) is 5.79. The third-order valence-corrected chi connectivity index (χ3v) is 4.73. The van der Waals surface area contributed by atoms with Gasteiger partial charge in [0.1, 0.15) is 10.6 Å². The van der Waals surface area contributed by atoms with E-state index in [1.54, 1.807) is 11.3 Å². The van der Waals surface area contributed by atoms with E-state index in [-0.39, 0.29) is 5.54 Å². The number of nitrogens with one attached hydrogen (secondary N) is 2. The van der Waals surface area contributed by atoms with Gasteiger partial charge >= 0.3 is 0 Å². The van der Waals surface area contributed by atoms with Crippen LogP contribution in [0.2, 0.25) is 0 Å². The summed E-state index contributed by atoms with van der Waals surface area (Å²) in [5.74, 6) is 1.67. The van der Waals surface area contributed by atoms with E-state index in [0.29, 0.717) is 5.95 Å². The Hall–Kier alpha value is -1.36. The van der Waals surface area contributed by atoms with Crippen molar-refractivity contribution in [2.24, 2.45) is 0 Å². The van der Waals surface area contributed by atoms with E-state index in [1.165, 1.54) is 19.3 Å². The third-order valence-electron chi connectivity index (χ3n) is 3.92. The highest BCUT2D eigenvalue weighted by molar-refractivity contribution is 7.16. The highest BCUT2D eigenvalue weighted by Crippen LogP contribution is 2.39. The summed E-state index contributed by atoms with van der Waals surface area (Å²) in [6, 6.07) is 2.10. The number of thiophene rings is 1. The fourth-order valence-electron chi connectivity index (χ4n) is 2.48. The molecule has 1 aliphatic carbocycles. The molecule has 96 valence electrons. The van der Waals surface area contributed by atoms with Gasteiger partial charge in [-0.2, -0.15) is 4.98 Å². The second kappa shape index (κ2) is 4.39. The Morgan fingerprint density at radius 2 is 2.22 bits per heavy atom. The minimum absolute atomic E-state index is 0.258. The zero-order valence-electron chi connectivity index (χ0n) is 10.8. The first-order chi connectivity index (χ1) is 8.76. The van der Waals surface area contributed by atoms with Crippen LogP contribution in [-0.4, -0.2) is 22.6 Å². The highest BCUT2D eigenvalue weighted by Gasteiger charge is 2.35. The monoisotopic (exact) mass is 262 g/mol. The van der Waals surface area contributed by atoms with Crippen molar-refractivity contribution in [3.05, 3.63) is 11.4 Å². The lowest BCUT2D eigenvalue weighted by Gasteiger charge is -2.42. The van der Waals surface area contributed by atoms with E-state index in [9.17, 15) is 0 Å². The summed E-state index contributed by atoms with van der Waals surface area (Å²) in [5, 5.41) is 9.90. The molecule has 0 saturated heterocycles. The Balaban J connectivity index is 2.01. The first-order valence-corrected chi connectivity index (χ1v) is 7.35. The summed E-state index contributed by atoms with van der Waals surface area (Å²) in [5.41, 5.74) is 0.258. The standard InChI is InChI=1S/C13H18N4S/c1-3-13(6-4-7-13)17-10-9-5-8-18-11(9)16-12(14-2)15-10/h5,8H,3-4,6-7H2,1-2H3,(H2,14,15,16,17). The summed E-state index contributed by atoms with van der Waals surface area (Å²) < 4.78 is 0. The van der Waals surface area contributed by atoms with Gasteiger partial charge < -0.3 is 10.6 Å². The number of fused-ring (bicyclic) bond motifs is 1.